The summed E-state index contributed by atoms with van der Waals surface area (Å²) in [5.41, 5.74) is 9.95. The lowest BCUT2D eigenvalue weighted by Gasteiger charge is -2.26. The van der Waals surface area contributed by atoms with E-state index in [1.165, 1.54) is 12.0 Å². The highest BCUT2D eigenvalue weighted by Crippen LogP contribution is 2.59. The number of aliphatic hydroxyl groups excluding tert-OH is 1. The van der Waals surface area contributed by atoms with Crippen molar-refractivity contribution in [2.75, 3.05) is 25.4 Å². The third kappa shape index (κ3) is 3.87. The number of nitrogens with one attached hydrogen (secondary N) is 1. The average molecular weight is 431 g/mol. The summed E-state index contributed by atoms with van der Waals surface area (Å²) in [5.74, 6) is 3.50. The van der Waals surface area contributed by atoms with Crippen LogP contribution in [0.3, 0.4) is 0 Å². The Morgan fingerprint density at radius 3 is 2.72 bits per heavy atom. The monoisotopic (exact) mass is 430 g/mol. The molecule has 166 valence electrons. The van der Waals surface area contributed by atoms with Crippen LogP contribution in [0.2, 0.25) is 0 Å². The number of nitrogen functional groups attached to an aromatic ring is 1. The fraction of sp³-hybridized carbons (Fsp3) is 0.462. The SMILES string of the molecule is C#CCN1C[C@@H]2C[C@]2(c2ccc(-c3cnc(N)c(C(=O)NC4CCC(O)CC4)c3)cc2)C1. The summed E-state index contributed by atoms with van der Waals surface area (Å²) in [6.07, 6.45) is 11.2. The fourth-order valence-electron chi connectivity index (χ4n) is 5.58. The number of hydrogen-bond acceptors (Lipinski definition) is 5. The van der Waals surface area contributed by atoms with Crippen LogP contribution in [0.15, 0.2) is 36.5 Å². The molecule has 3 fully saturated rings. The zero-order chi connectivity index (χ0) is 22.3. The van der Waals surface area contributed by atoms with Crippen molar-refractivity contribution >= 4 is 11.7 Å². The highest BCUT2D eigenvalue weighted by molar-refractivity contribution is 5.99. The molecule has 1 amide bonds. The first-order chi connectivity index (χ1) is 15.5. The lowest BCUT2D eigenvalue weighted by atomic mass is 9.92. The van der Waals surface area contributed by atoms with Gasteiger partial charge in [0.15, 0.2) is 0 Å². The number of piperidine rings is 1. The number of aromatic nitrogens is 1. The Morgan fingerprint density at radius 2 is 2.00 bits per heavy atom. The number of fused-ring (bicyclic) bond motifs is 1. The van der Waals surface area contributed by atoms with E-state index in [0.29, 0.717) is 24.3 Å². The molecule has 0 spiro atoms. The Kier molecular flexibility index (Phi) is 5.40. The molecule has 6 heteroatoms. The van der Waals surface area contributed by atoms with Gasteiger partial charge in [-0.05, 0) is 55.2 Å². The lowest BCUT2D eigenvalue weighted by molar-refractivity contribution is 0.0868. The van der Waals surface area contributed by atoms with Crippen molar-refractivity contribution in [2.24, 2.45) is 5.92 Å². The number of pyridine rings is 1. The van der Waals surface area contributed by atoms with Gasteiger partial charge in [0.1, 0.15) is 5.82 Å². The number of carbonyl (C=O) groups excluding carboxylic acids is 1. The van der Waals surface area contributed by atoms with E-state index in [2.05, 4.69) is 45.4 Å². The van der Waals surface area contributed by atoms with E-state index in [-0.39, 0.29) is 29.3 Å². The largest absolute Gasteiger partial charge is 0.393 e. The molecule has 0 unspecified atom stereocenters. The average Bonchev–Trinajstić information content (AvgIpc) is 3.37. The third-order valence-electron chi connectivity index (χ3n) is 7.52. The van der Waals surface area contributed by atoms with Crippen LogP contribution < -0.4 is 11.1 Å². The number of nitrogens with zero attached hydrogens (tertiary/aromatic N) is 2. The minimum atomic E-state index is -0.253. The highest BCUT2D eigenvalue weighted by Gasteiger charge is 2.60. The number of nitrogens with two attached hydrogens (primary N) is 1. The van der Waals surface area contributed by atoms with Crippen LogP contribution in [-0.4, -0.2) is 52.7 Å². The van der Waals surface area contributed by atoms with Crippen molar-refractivity contribution in [3.05, 3.63) is 47.7 Å². The smallest absolute Gasteiger partial charge is 0.255 e. The first-order valence-electron chi connectivity index (χ1n) is 11.5. The van der Waals surface area contributed by atoms with E-state index in [4.69, 9.17) is 12.2 Å². The van der Waals surface area contributed by atoms with Gasteiger partial charge in [-0.15, -0.1) is 6.42 Å². The number of likely N-dealkylation sites (tertiary alicyclic amines) is 1. The number of carbonyl (C=O) groups is 1. The molecule has 1 aromatic heterocycles. The van der Waals surface area contributed by atoms with Gasteiger partial charge in [0.05, 0.1) is 18.2 Å². The predicted molar refractivity (Wildman–Crippen MR) is 125 cm³/mol. The molecule has 32 heavy (non-hydrogen) atoms. The fourth-order valence-corrected chi connectivity index (χ4v) is 5.58. The van der Waals surface area contributed by atoms with Gasteiger partial charge in [-0.2, -0.15) is 0 Å². The van der Waals surface area contributed by atoms with Crippen LogP contribution in [0, 0.1) is 18.3 Å². The van der Waals surface area contributed by atoms with Crippen LogP contribution in [0.1, 0.15) is 48.0 Å². The molecule has 1 aliphatic heterocycles. The summed E-state index contributed by atoms with van der Waals surface area (Å²) in [6.45, 7) is 2.85. The number of amides is 1. The molecule has 0 radical (unpaired) electrons. The number of anilines is 1. The number of benzene rings is 1. The molecule has 2 saturated carbocycles. The second kappa shape index (κ2) is 8.23. The summed E-state index contributed by atoms with van der Waals surface area (Å²) in [7, 11) is 0. The van der Waals surface area contributed by atoms with Crippen molar-refractivity contribution in [3.8, 4) is 23.5 Å². The molecule has 2 atom stereocenters. The molecule has 2 aliphatic carbocycles. The summed E-state index contributed by atoms with van der Waals surface area (Å²) in [4.78, 5) is 19.5. The number of hydrogen-bond donors (Lipinski definition) is 3. The van der Waals surface area contributed by atoms with Crippen molar-refractivity contribution in [1.82, 2.24) is 15.2 Å². The summed E-state index contributed by atoms with van der Waals surface area (Å²) in [6, 6.07) is 10.5. The van der Waals surface area contributed by atoms with Gasteiger partial charge in [0.25, 0.3) is 5.91 Å². The maximum Gasteiger partial charge on any atom is 0.255 e. The van der Waals surface area contributed by atoms with Crippen LogP contribution in [0.25, 0.3) is 11.1 Å². The van der Waals surface area contributed by atoms with E-state index in [1.807, 2.05) is 6.07 Å². The Hall–Kier alpha value is -2.88. The lowest BCUT2D eigenvalue weighted by Crippen LogP contribution is -2.38. The van der Waals surface area contributed by atoms with Crippen molar-refractivity contribution in [2.45, 2.75) is 49.7 Å². The van der Waals surface area contributed by atoms with Gasteiger partial charge in [0, 0.05) is 36.3 Å². The van der Waals surface area contributed by atoms with Crippen molar-refractivity contribution in [1.29, 1.82) is 0 Å². The standard InChI is InChI=1S/C26H30N4O2/c1-2-11-30-15-20-13-26(20,16-30)19-5-3-17(4-6-19)18-12-23(24(27)28-14-18)25(32)29-21-7-9-22(31)10-8-21/h1,3-6,12,14,20-22,31H,7-11,13,15-16H2,(H2,27,28)(H,29,32)/t20-,21?,22?,26+/m0/s1. The first-order valence-corrected chi connectivity index (χ1v) is 11.5. The maximum atomic E-state index is 12.8. The Labute approximate surface area is 189 Å². The number of terminal acetylenes is 1. The zero-order valence-electron chi connectivity index (χ0n) is 18.3. The van der Waals surface area contributed by atoms with Gasteiger partial charge >= 0.3 is 0 Å². The molecule has 3 aliphatic rings. The Balaban J connectivity index is 1.30. The van der Waals surface area contributed by atoms with Crippen LogP contribution in [0.4, 0.5) is 5.82 Å². The van der Waals surface area contributed by atoms with E-state index >= 15 is 0 Å². The summed E-state index contributed by atoms with van der Waals surface area (Å²) >= 11 is 0. The molecule has 4 N–H and O–H groups in total. The van der Waals surface area contributed by atoms with Gasteiger partial charge in [-0.1, -0.05) is 30.2 Å². The normalized spacial score (nSPS) is 29.2. The zero-order valence-corrected chi connectivity index (χ0v) is 18.3. The number of rotatable bonds is 5. The molecule has 6 nitrogen and oxygen atoms in total. The molecule has 1 saturated heterocycles. The quantitative estimate of drug-likeness (QED) is 0.634. The minimum absolute atomic E-state index is 0.0689. The Bertz CT molecular complexity index is 1050. The first kappa shape index (κ1) is 21.0. The topological polar surface area (TPSA) is 91.5 Å². The predicted octanol–water partition coefficient (Wildman–Crippen LogP) is 2.57. The molecule has 5 rings (SSSR count). The molecule has 2 aromatic rings. The number of aliphatic hydroxyl groups is 1. The molecule has 1 aromatic carbocycles. The van der Waals surface area contributed by atoms with Gasteiger partial charge in [0.2, 0.25) is 0 Å². The van der Waals surface area contributed by atoms with E-state index in [1.54, 1.807) is 6.20 Å². The van der Waals surface area contributed by atoms with Crippen LogP contribution >= 0.6 is 0 Å². The molecular formula is C26H30N4O2. The molecular weight excluding hydrogens is 400 g/mol. The minimum Gasteiger partial charge on any atom is -0.393 e. The highest BCUT2D eigenvalue weighted by atomic mass is 16.3. The second-order valence-electron chi connectivity index (χ2n) is 9.64. The van der Waals surface area contributed by atoms with Crippen molar-refractivity contribution in [3.63, 3.8) is 0 Å². The third-order valence-corrected chi connectivity index (χ3v) is 7.52. The van der Waals surface area contributed by atoms with Gasteiger partial charge < -0.3 is 16.2 Å². The van der Waals surface area contributed by atoms with E-state index < -0.39 is 0 Å². The summed E-state index contributed by atoms with van der Waals surface area (Å²) < 4.78 is 0. The van der Waals surface area contributed by atoms with Gasteiger partial charge in [-0.3, -0.25) is 9.69 Å². The van der Waals surface area contributed by atoms with Crippen molar-refractivity contribution < 1.29 is 9.90 Å². The molecule has 2 heterocycles. The second-order valence-corrected chi connectivity index (χ2v) is 9.64. The Morgan fingerprint density at radius 1 is 1.25 bits per heavy atom. The maximum absolute atomic E-state index is 12.8. The van der Waals surface area contributed by atoms with Crippen LogP contribution in [0.5, 0.6) is 0 Å². The van der Waals surface area contributed by atoms with E-state index in [0.717, 1.165) is 43.6 Å². The molecule has 0 bridgehead atoms. The van der Waals surface area contributed by atoms with Gasteiger partial charge in [-0.25, -0.2) is 4.98 Å². The van der Waals surface area contributed by atoms with Crippen LogP contribution in [-0.2, 0) is 5.41 Å². The van der Waals surface area contributed by atoms with E-state index in [9.17, 15) is 9.90 Å². The summed E-state index contributed by atoms with van der Waals surface area (Å²) in [5, 5.41) is 12.7.